The summed E-state index contributed by atoms with van der Waals surface area (Å²) in [6.07, 6.45) is 4.06. The average molecular weight is 400 g/mol. The van der Waals surface area contributed by atoms with Gasteiger partial charge < -0.3 is 15.2 Å². The summed E-state index contributed by atoms with van der Waals surface area (Å²) in [6, 6.07) is 12.8. The van der Waals surface area contributed by atoms with Gasteiger partial charge in [-0.3, -0.25) is 4.79 Å². The number of aromatic hydroxyl groups is 1. The molecule has 0 aliphatic rings. The lowest BCUT2D eigenvalue weighted by atomic mass is 9.98. The smallest absolute Gasteiger partial charge is 0.338 e. The first-order valence-corrected chi connectivity index (χ1v) is 10.4. The number of phenolic OH excluding ortho intramolecular Hbond substituents is 1. The van der Waals surface area contributed by atoms with Crippen molar-refractivity contribution in [3.8, 4) is 5.75 Å². The summed E-state index contributed by atoms with van der Waals surface area (Å²) in [6.45, 7) is 8.85. The van der Waals surface area contributed by atoms with Gasteiger partial charge in [-0.2, -0.15) is 0 Å². The van der Waals surface area contributed by atoms with Gasteiger partial charge in [0.25, 0.3) is 0 Å². The number of esters is 1. The Kier molecular flexibility index (Phi) is 12.1. The molecule has 0 aromatic heterocycles. The third kappa shape index (κ3) is 8.48. The topological polar surface area (TPSA) is 75.6 Å². The van der Waals surface area contributed by atoms with Gasteiger partial charge in [-0.05, 0) is 37.7 Å². The van der Waals surface area contributed by atoms with E-state index in [1.165, 1.54) is 12.1 Å². The van der Waals surface area contributed by atoms with Crippen molar-refractivity contribution in [2.45, 2.75) is 46.5 Å². The maximum Gasteiger partial charge on any atom is 0.338 e. The summed E-state index contributed by atoms with van der Waals surface area (Å²) in [5, 5.41) is 13.0. The van der Waals surface area contributed by atoms with Crippen LogP contribution >= 0.6 is 0 Å². The first kappa shape index (κ1) is 24.4. The molecule has 5 nitrogen and oxygen atoms in total. The minimum Gasteiger partial charge on any atom is -0.507 e. The molecule has 2 rings (SSSR count). The monoisotopic (exact) mass is 399 g/mol. The maximum atomic E-state index is 12.6. The van der Waals surface area contributed by atoms with Crippen LogP contribution in [0.1, 0.15) is 72.7 Å². The molecule has 0 amide bonds. The van der Waals surface area contributed by atoms with E-state index in [9.17, 15) is 14.7 Å². The number of ether oxygens (including phenoxy) is 1. The Hall–Kier alpha value is -2.66. The Bertz CT molecular complexity index is 756. The normalized spacial score (nSPS) is 10.0. The Labute approximate surface area is 174 Å². The second-order valence-electron chi connectivity index (χ2n) is 6.55. The molecule has 0 heterocycles. The molecule has 2 N–H and O–H groups in total. The minimum absolute atomic E-state index is 0.106. The quantitative estimate of drug-likeness (QED) is 0.335. The predicted molar refractivity (Wildman–Crippen MR) is 117 cm³/mol. The van der Waals surface area contributed by atoms with Crippen molar-refractivity contribution in [2.24, 2.45) is 0 Å². The molecular formula is C24H33NO4. The number of unbranched alkanes of at least 4 members (excludes halogenated alkanes) is 3. The zero-order chi connectivity index (χ0) is 21.5. The van der Waals surface area contributed by atoms with E-state index in [1.807, 2.05) is 0 Å². The van der Waals surface area contributed by atoms with Crippen LogP contribution in [-0.4, -0.2) is 36.6 Å². The Morgan fingerprint density at radius 2 is 1.41 bits per heavy atom. The van der Waals surface area contributed by atoms with Crippen LogP contribution < -0.4 is 5.32 Å². The molecule has 158 valence electrons. The Morgan fingerprint density at radius 3 is 1.97 bits per heavy atom. The molecule has 0 aliphatic heterocycles. The average Bonchev–Trinajstić information content (AvgIpc) is 2.74. The SMILES string of the molecule is CCCCCCOC(=O)c1ccccc1C(=O)c1ccccc1O.CCNCC. The summed E-state index contributed by atoms with van der Waals surface area (Å²) in [4.78, 5) is 24.9. The summed E-state index contributed by atoms with van der Waals surface area (Å²) < 4.78 is 5.28. The van der Waals surface area contributed by atoms with Gasteiger partial charge >= 0.3 is 5.97 Å². The maximum absolute atomic E-state index is 12.6. The molecule has 2 aromatic carbocycles. The van der Waals surface area contributed by atoms with Crippen LogP contribution in [-0.2, 0) is 4.74 Å². The third-order valence-electron chi connectivity index (χ3n) is 4.27. The number of carbonyl (C=O) groups is 2. The van der Waals surface area contributed by atoms with Gasteiger partial charge in [0.1, 0.15) is 5.75 Å². The summed E-state index contributed by atoms with van der Waals surface area (Å²) in [5.41, 5.74) is 0.625. The van der Waals surface area contributed by atoms with E-state index in [0.29, 0.717) is 6.61 Å². The summed E-state index contributed by atoms with van der Waals surface area (Å²) in [7, 11) is 0. The van der Waals surface area contributed by atoms with Crippen LogP contribution in [0.4, 0.5) is 0 Å². The summed E-state index contributed by atoms with van der Waals surface area (Å²) in [5.74, 6) is -1.01. The molecule has 0 saturated carbocycles. The van der Waals surface area contributed by atoms with Crippen molar-refractivity contribution in [1.29, 1.82) is 0 Å². The molecule has 0 spiro atoms. The van der Waals surface area contributed by atoms with Crippen LogP contribution in [0.5, 0.6) is 5.75 Å². The fourth-order valence-electron chi connectivity index (χ4n) is 2.69. The van der Waals surface area contributed by atoms with E-state index in [0.717, 1.165) is 38.8 Å². The fourth-order valence-corrected chi connectivity index (χ4v) is 2.69. The number of carbonyl (C=O) groups excluding carboxylic acids is 2. The van der Waals surface area contributed by atoms with Gasteiger partial charge in [0.05, 0.1) is 17.7 Å². The minimum atomic E-state index is -0.508. The van der Waals surface area contributed by atoms with E-state index < -0.39 is 11.8 Å². The third-order valence-corrected chi connectivity index (χ3v) is 4.27. The Balaban J connectivity index is 0.000000749. The zero-order valence-electron chi connectivity index (χ0n) is 17.7. The molecule has 5 heteroatoms. The molecule has 29 heavy (non-hydrogen) atoms. The van der Waals surface area contributed by atoms with Crippen molar-refractivity contribution < 1.29 is 19.4 Å². The van der Waals surface area contributed by atoms with E-state index in [-0.39, 0.29) is 22.4 Å². The van der Waals surface area contributed by atoms with Crippen molar-refractivity contribution >= 4 is 11.8 Å². The lowest BCUT2D eigenvalue weighted by Crippen LogP contribution is -2.13. The van der Waals surface area contributed by atoms with Gasteiger partial charge in [0.15, 0.2) is 5.78 Å². The predicted octanol–water partition coefficient (Wildman–Crippen LogP) is 4.98. The van der Waals surface area contributed by atoms with Crippen LogP contribution in [0.3, 0.4) is 0 Å². The molecular weight excluding hydrogens is 366 g/mol. The van der Waals surface area contributed by atoms with Crippen LogP contribution in [0, 0.1) is 0 Å². The zero-order valence-corrected chi connectivity index (χ0v) is 17.7. The lowest BCUT2D eigenvalue weighted by molar-refractivity contribution is 0.0495. The largest absolute Gasteiger partial charge is 0.507 e. The first-order chi connectivity index (χ1) is 14.1. The number of para-hydroxylation sites is 1. The van der Waals surface area contributed by atoms with Gasteiger partial charge in [-0.1, -0.05) is 70.4 Å². The molecule has 0 radical (unpaired) electrons. The van der Waals surface area contributed by atoms with E-state index in [1.54, 1.807) is 36.4 Å². The van der Waals surface area contributed by atoms with Gasteiger partial charge in [0, 0.05) is 5.56 Å². The molecule has 0 saturated heterocycles. The number of nitrogens with one attached hydrogen (secondary N) is 1. The van der Waals surface area contributed by atoms with Crippen molar-refractivity contribution in [1.82, 2.24) is 5.32 Å². The first-order valence-electron chi connectivity index (χ1n) is 10.4. The van der Waals surface area contributed by atoms with E-state index >= 15 is 0 Å². The fraction of sp³-hybridized carbons (Fsp3) is 0.417. The molecule has 0 atom stereocenters. The number of rotatable bonds is 10. The highest BCUT2D eigenvalue weighted by atomic mass is 16.5. The number of ketones is 1. The standard InChI is InChI=1S/C20H22O4.C4H11N/c1-2-3-4-9-14-24-20(23)16-11-6-5-10-15(16)19(22)17-12-7-8-13-18(17)21;1-3-5-4-2/h5-8,10-13,21H,2-4,9,14H2,1H3;5H,3-4H2,1-2H3. The highest BCUT2D eigenvalue weighted by molar-refractivity contribution is 6.15. The summed E-state index contributed by atoms with van der Waals surface area (Å²) >= 11 is 0. The molecule has 0 fully saturated rings. The Morgan fingerprint density at radius 1 is 0.828 bits per heavy atom. The molecule has 0 aliphatic carbocycles. The number of benzene rings is 2. The molecule has 2 aromatic rings. The number of hydrogen-bond donors (Lipinski definition) is 2. The highest BCUT2D eigenvalue weighted by Crippen LogP contribution is 2.22. The van der Waals surface area contributed by atoms with Gasteiger partial charge in [-0.15, -0.1) is 0 Å². The highest BCUT2D eigenvalue weighted by Gasteiger charge is 2.20. The van der Waals surface area contributed by atoms with Crippen molar-refractivity contribution in [3.63, 3.8) is 0 Å². The number of hydrogen-bond acceptors (Lipinski definition) is 5. The molecule has 0 bridgehead atoms. The van der Waals surface area contributed by atoms with Crippen LogP contribution in [0.15, 0.2) is 48.5 Å². The van der Waals surface area contributed by atoms with Crippen LogP contribution in [0.25, 0.3) is 0 Å². The van der Waals surface area contributed by atoms with E-state index in [2.05, 4.69) is 26.1 Å². The molecule has 0 unspecified atom stereocenters. The van der Waals surface area contributed by atoms with Crippen LogP contribution in [0.2, 0.25) is 0 Å². The lowest BCUT2D eigenvalue weighted by Gasteiger charge is -2.10. The second kappa shape index (κ2) is 14.4. The van der Waals surface area contributed by atoms with Gasteiger partial charge in [-0.25, -0.2) is 4.79 Å². The van der Waals surface area contributed by atoms with E-state index in [4.69, 9.17) is 4.74 Å². The van der Waals surface area contributed by atoms with Crippen molar-refractivity contribution in [3.05, 3.63) is 65.2 Å². The second-order valence-corrected chi connectivity index (χ2v) is 6.55. The van der Waals surface area contributed by atoms with Gasteiger partial charge in [0.2, 0.25) is 0 Å². The van der Waals surface area contributed by atoms with Crippen molar-refractivity contribution in [2.75, 3.05) is 19.7 Å². The number of phenols is 1.